The molecule has 9 nitrogen and oxygen atoms in total. The van der Waals surface area contributed by atoms with E-state index in [9.17, 15) is 14.9 Å². The molecule has 5 rings (SSSR count). The van der Waals surface area contributed by atoms with Crippen LogP contribution in [-0.4, -0.2) is 15.8 Å². The number of benzene rings is 3. The predicted octanol–water partition coefficient (Wildman–Crippen LogP) is 2.71. The van der Waals surface area contributed by atoms with Crippen molar-refractivity contribution in [2.45, 2.75) is 0 Å². The highest BCUT2D eigenvalue weighted by atomic mass is 35.5. The lowest BCUT2D eigenvalue weighted by Gasteiger charge is -2.11. The summed E-state index contributed by atoms with van der Waals surface area (Å²) in [6.07, 6.45) is 5.50. The van der Waals surface area contributed by atoms with Crippen molar-refractivity contribution < 1.29 is 26.7 Å². The van der Waals surface area contributed by atoms with Gasteiger partial charge in [-0.05, 0) is 54.6 Å². The van der Waals surface area contributed by atoms with Crippen molar-refractivity contribution in [2.75, 3.05) is 16.0 Å². The number of nitro benzene ring substituents is 1. The predicted molar refractivity (Wildman–Crippen MR) is 143 cm³/mol. The Labute approximate surface area is 224 Å². The molecular weight excluding hydrogens is 504 g/mol. The number of carbonyl (C=O) groups excluding carboxylic acids is 1. The zero-order chi connectivity index (χ0) is 25.8. The Hall–Kier alpha value is -5.02. The van der Waals surface area contributed by atoms with Crippen LogP contribution in [0.2, 0.25) is 0 Å². The maximum absolute atomic E-state index is 12.8. The van der Waals surface area contributed by atoms with Crippen molar-refractivity contribution in [2.24, 2.45) is 7.05 Å². The molecule has 0 saturated heterocycles. The Balaban J connectivity index is 0.00000336. The molecule has 10 heteroatoms. The van der Waals surface area contributed by atoms with Crippen LogP contribution in [0.4, 0.5) is 34.1 Å². The Morgan fingerprint density at radius 3 is 2.29 bits per heavy atom. The van der Waals surface area contributed by atoms with Crippen LogP contribution in [0.5, 0.6) is 0 Å². The molecule has 0 atom stereocenters. The summed E-state index contributed by atoms with van der Waals surface area (Å²) in [7, 11) is 1.96. The molecule has 0 aliphatic heterocycles. The van der Waals surface area contributed by atoms with E-state index in [0.29, 0.717) is 16.8 Å². The molecule has 2 heterocycles. The fraction of sp³-hybridized carbons (Fsp3) is 0.0357. The monoisotopic (exact) mass is 526 g/mol. The van der Waals surface area contributed by atoms with E-state index in [1.807, 2.05) is 60.4 Å². The SMILES string of the molecule is C[n+]1ccc(Nc2cccc(NC(=O)c3ccc(Nc4ccnc5cc([N+](=O)[O-])ccc45)cc3)c2)cc1.[Cl-]. The maximum atomic E-state index is 12.8. The van der Waals surface area contributed by atoms with E-state index in [-0.39, 0.29) is 24.0 Å². The quantitative estimate of drug-likeness (QED) is 0.171. The van der Waals surface area contributed by atoms with Crippen molar-refractivity contribution in [3.63, 3.8) is 0 Å². The number of aryl methyl sites for hydroxylation is 1. The molecule has 3 aromatic carbocycles. The number of nitrogens with zero attached hydrogens (tertiary/aromatic N) is 3. The molecule has 0 aliphatic carbocycles. The van der Waals surface area contributed by atoms with Gasteiger partial charge in [-0.25, -0.2) is 4.57 Å². The summed E-state index contributed by atoms with van der Waals surface area (Å²) in [5.41, 5.74) is 5.03. The van der Waals surface area contributed by atoms with E-state index in [0.717, 1.165) is 28.1 Å². The van der Waals surface area contributed by atoms with Crippen LogP contribution in [0.3, 0.4) is 0 Å². The molecule has 3 N–H and O–H groups in total. The molecule has 0 bridgehead atoms. The van der Waals surface area contributed by atoms with Gasteiger partial charge >= 0.3 is 0 Å². The van der Waals surface area contributed by atoms with Gasteiger partial charge in [0.05, 0.1) is 16.1 Å². The molecule has 0 radical (unpaired) electrons. The lowest BCUT2D eigenvalue weighted by atomic mass is 10.1. The normalized spacial score (nSPS) is 10.3. The molecule has 38 heavy (non-hydrogen) atoms. The summed E-state index contributed by atoms with van der Waals surface area (Å²) in [4.78, 5) is 27.7. The van der Waals surface area contributed by atoms with Crippen molar-refractivity contribution in [3.8, 4) is 0 Å². The van der Waals surface area contributed by atoms with Gasteiger partial charge in [-0.1, -0.05) is 6.07 Å². The summed E-state index contributed by atoms with van der Waals surface area (Å²) in [6.45, 7) is 0. The van der Waals surface area contributed by atoms with Gasteiger partial charge in [0.25, 0.3) is 11.6 Å². The molecule has 2 aromatic heterocycles. The minimum atomic E-state index is -0.443. The number of carbonyl (C=O) groups is 1. The largest absolute Gasteiger partial charge is 1.00 e. The summed E-state index contributed by atoms with van der Waals surface area (Å²) in [5, 5.41) is 21.4. The number of hydrogen-bond acceptors (Lipinski definition) is 6. The fourth-order valence-electron chi connectivity index (χ4n) is 3.85. The molecule has 0 unspecified atom stereocenters. The van der Waals surface area contributed by atoms with E-state index >= 15 is 0 Å². The van der Waals surface area contributed by atoms with E-state index in [1.165, 1.54) is 12.1 Å². The van der Waals surface area contributed by atoms with Gasteiger partial charge in [-0.2, -0.15) is 0 Å². The second kappa shape index (κ2) is 11.4. The number of nitro groups is 1. The van der Waals surface area contributed by atoms with Gasteiger partial charge < -0.3 is 28.4 Å². The third kappa shape index (κ3) is 6.03. The highest BCUT2D eigenvalue weighted by Gasteiger charge is 2.11. The molecule has 1 amide bonds. The first-order valence-electron chi connectivity index (χ1n) is 11.5. The minimum Gasteiger partial charge on any atom is -1.00 e. The maximum Gasteiger partial charge on any atom is 0.271 e. The van der Waals surface area contributed by atoms with E-state index in [4.69, 9.17) is 0 Å². The first-order chi connectivity index (χ1) is 17.9. The lowest BCUT2D eigenvalue weighted by Crippen LogP contribution is -3.00. The summed E-state index contributed by atoms with van der Waals surface area (Å²) in [6, 6.07) is 24.9. The second-order valence-corrected chi connectivity index (χ2v) is 8.43. The molecule has 0 spiro atoms. The van der Waals surface area contributed by atoms with Crippen LogP contribution < -0.4 is 32.9 Å². The number of anilines is 5. The van der Waals surface area contributed by atoms with E-state index < -0.39 is 4.92 Å². The second-order valence-electron chi connectivity index (χ2n) is 8.43. The number of non-ortho nitro benzene ring substituents is 1. The Bertz CT molecular complexity index is 1610. The van der Waals surface area contributed by atoms with Crippen molar-refractivity contribution >= 4 is 50.9 Å². The zero-order valence-electron chi connectivity index (χ0n) is 20.3. The van der Waals surface area contributed by atoms with Crippen molar-refractivity contribution in [1.82, 2.24) is 4.98 Å². The van der Waals surface area contributed by atoms with Gasteiger partial charge in [0.1, 0.15) is 7.05 Å². The average Bonchev–Trinajstić information content (AvgIpc) is 2.90. The standard InChI is InChI=1S/C28H22N6O3.ClH/c1-33-15-12-21(13-16-33)30-22-3-2-4-23(17-22)32-28(35)19-5-7-20(8-6-19)31-26-11-14-29-27-18-24(34(36)37)9-10-25(26)27;/h2-18H,1H3,(H2,29,31,32,35);1H. The fourth-order valence-corrected chi connectivity index (χ4v) is 3.85. The van der Waals surface area contributed by atoms with E-state index in [2.05, 4.69) is 20.9 Å². The first-order valence-corrected chi connectivity index (χ1v) is 11.5. The molecule has 0 aliphatic rings. The van der Waals surface area contributed by atoms with Crippen LogP contribution in [0.1, 0.15) is 10.4 Å². The van der Waals surface area contributed by atoms with Crippen LogP contribution in [0.25, 0.3) is 10.9 Å². The number of rotatable bonds is 7. The average molecular weight is 527 g/mol. The Kier molecular flexibility index (Phi) is 7.79. The van der Waals surface area contributed by atoms with Gasteiger partial charge in [0.2, 0.25) is 0 Å². The Morgan fingerprint density at radius 1 is 0.842 bits per heavy atom. The number of aromatic nitrogens is 2. The highest BCUT2D eigenvalue weighted by molar-refractivity contribution is 6.04. The molecule has 0 saturated carbocycles. The lowest BCUT2D eigenvalue weighted by molar-refractivity contribution is -0.671. The molecule has 190 valence electrons. The van der Waals surface area contributed by atoms with Crippen LogP contribution in [-0.2, 0) is 7.05 Å². The van der Waals surface area contributed by atoms with Crippen molar-refractivity contribution in [3.05, 3.63) is 119 Å². The van der Waals surface area contributed by atoms with E-state index in [1.54, 1.807) is 42.6 Å². The third-order valence-corrected chi connectivity index (χ3v) is 5.75. The van der Waals surface area contributed by atoms with Crippen LogP contribution in [0, 0.1) is 10.1 Å². The number of nitrogens with one attached hydrogen (secondary N) is 3. The highest BCUT2D eigenvalue weighted by Crippen LogP contribution is 2.28. The number of halogens is 1. The van der Waals surface area contributed by atoms with Gasteiger partial charge in [0, 0.05) is 64.2 Å². The summed E-state index contributed by atoms with van der Waals surface area (Å²) >= 11 is 0. The molecule has 0 fully saturated rings. The zero-order valence-corrected chi connectivity index (χ0v) is 21.0. The van der Waals surface area contributed by atoms with Crippen molar-refractivity contribution in [1.29, 1.82) is 0 Å². The van der Waals surface area contributed by atoms with Crippen LogP contribution >= 0.6 is 0 Å². The summed E-state index contributed by atoms with van der Waals surface area (Å²) in [5.74, 6) is -0.225. The first kappa shape index (κ1) is 26.1. The van der Waals surface area contributed by atoms with Gasteiger partial charge in [-0.15, -0.1) is 0 Å². The van der Waals surface area contributed by atoms with Gasteiger partial charge in [0.15, 0.2) is 12.4 Å². The number of pyridine rings is 2. The third-order valence-electron chi connectivity index (χ3n) is 5.75. The van der Waals surface area contributed by atoms with Gasteiger partial charge in [-0.3, -0.25) is 19.9 Å². The minimum absolute atomic E-state index is 0. The number of amides is 1. The smallest absolute Gasteiger partial charge is 0.271 e. The topological polar surface area (TPSA) is 113 Å². The van der Waals surface area contributed by atoms with Crippen LogP contribution in [0.15, 0.2) is 104 Å². The number of hydrogen-bond donors (Lipinski definition) is 3. The summed E-state index contributed by atoms with van der Waals surface area (Å²) < 4.78 is 1.95. The molecular formula is C28H23ClN6O3. The Morgan fingerprint density at radius 2 is 1.55 bits per heavy atom. The number of fused-ring (bicyclic) bond motifs is 1. The molecule has 5 aromatic rings.